The molecule has 0 atom stereocenters. The van der Waals surface area contributed by atoms with E-state index in [2.05, 4.69) is 10.1 Å². The van der Waals surface area contributed by atoms with E-state index >= 15 is 0 Å². The van der Waals surface area contributed by atoms with Crippen molar-refractivity contribution in [1.82, 2.24) is 9.66 Å². The van der Waals surface area contributed by atoms with Gasteiger partial charge in [0.25, 0.3) is 5.56 Å². The molecular weight excluding hydrogens is 589 g/mol. The first-order valence-electron chi connectivity index (χ1n) is 12.5. The number of nitro groups is 1. The molecule has 9 nitrogen and oxygen atoms in total. The highest BCUT2D eigenvalue weighted by Gasteiger charge is 2.31. The van der Waals surface area contributed by atoms with Crippen molar-refractivity contribution in [1.29, 1.82) is 0 Å². The van der Waals surface area contributed by atoms with Gasteiger partial charge in [-0.3, -0.25) is 14.9 Å². The standard InChI is InChI=1S/C30H20ClF3N4O5/c1-42-26-14-19(13-25(38(40)41)27(26)43-17-18-9-11-22(31)12-10-18)16-35-37-28(20-5-4-6-21(15-20)30(32,33)34)36-24-8-3-2-7-23(24)29(37)39/h2-16H,17H2,1H3. The zero-order valence-corrected chi connectivity index (χ0v) is 23.0. The first kappa shape index (κ1) is 29.3. The molecule has 4 aromatic carbocycles. The van der Waals surface area contributed by atoms with Gasteiger partial charge in [0.15, 0.2) is 11.6 Å². The van der Waals surface area contributed by atoms with E-state index < -0.39 is 27.9 Å². The van der Waals surface area contributed by atoms with Crippen LogP contribution in [-0.2, 0) is 12.8 Å². The van der Waals surface area contributed by atoms with Crippen LogP contribution in [0.5, 0.6) is 11.5 Å². The fraction of sp³-hybridized carbons (Fsp3) is 0.100. The van der Waals surface area contributed by atoms with Crippen LogP contribution in [0.25, 0.3) is 22.3 Å². The third-order valence-electron chi connectivity index (χ3n) is 6.29. The summed E-state index contributed by atoms with van der Waals surface area (Å²) in [4.78, 5) is 29.2. The molecule has 0 aliphatic heterocycles. The molecule has 0 spiro atoms. The maximum atomic E-state index is 13.5. The summed E-state index contributed by atoms with van der Waals surface area (Å²) in [6.45, 7) is -0.0136. The number of benzene rings is 4. The monoisotopic (exact) mass is 608 g/mol. The Bertz CT molecular complexity index is 1930. The highest BCUT2D eigenvalue weighted by Crippen LogP contribution is 2.39. The Morgan fingerprint density at radius 3 is 2.49 bits per heavy atom. The van der Waals surface area contributed by atoms with Crippen molar-refractivity contribution >= 4 is 34.4 Å². The molecule has 1 aromatic heterocycles. The zero-order chi connectivity index (χ0) is 30.7. The van der Waals surface area contributed by atoms with E-state index in [4.69, 9.17) is 21.1 Å². The predicted octanol–water partition coefficient (Wildman–Crippen LogP) is 7.11. The number of hydrogen-bond acceptors (Lipinski definition) is 7. The average Bonchev–Trinajstić information content (AvgIpc) is 2.99. The van der Waals surface area contributed by atoms with Crippen LogP contribution in [-0.4, -0.2) is 27.9 Å². The van der Waals surface area contributed by atoms with Gasteiger partial charge in [-0.1, -0.05) is 48.0 Å². The summed E-state index contributed by atoms with van der Waals surface area (Å²) < 4.78 is 52.3. The molecule has 1 heterocycles. The Labute approximate surface area is 246 Å². The topological polar surface area (TPSA) is 109 Å². The van der Waals surface area contributed by atoms with Gasteiger partial charge in [-0.15, -0.1) is 0 Å². The zero-order valence-electron chi connectivity index (χ0n) is 22.2. The Hall–Kier alpha value is -5.23. The van der Waals surface area contributed by atoms with Crippen LogP contribution in [0.4, 0.5) is 18.9 Å². The van der Waals surface area contributed by atoms with E-state index in [0.717, 1.165) is 23.0 Å². The molecule has 5 rings (SSSR count). The van der Waals surface area contributed by atoms with Gasteiger partial charge in [-0.2, -0.15) is 22.9 Å². The molecule has 0 radical (unpaired) electrons. The van der Waals surface area contributed by atoms with Crippen LogP contribution < -0.4 is 15.0 Å². The van der Waals surface area contributed by atoms with Gasteiger partial charge in [-0.25, -0.2) is 4.98 Å². The minimum absolute atomic E-state index is 0.00987. The maximum absolute atomic E-state index is 13.5. The summed E-state index contributed by atoms with van der Waals surface area (Å²) in [5.74, 6) is -0.268. The van der Waals surface area contributed by atoms with Gasteiger partial charge in [0.2, 0.25) is 5.75 Å². The average molecular weight is 609 g/mol. The summed E-state index contributed by atoms with van der Waals surface area (Å²) in [6, 6.07) is 20.0. The quantitative estimate of drug-likeness (QED) is 0.105. The van der Waals surface area contributed by atoms with Crippen LogP contribution in [0.3, 0.4) is 0 Å². The molecule has 0 amide bonds. The molecule has 0 unspecified atom stereocenters. The fourth-order valence-corrected chi connectivity index (χ4v) is 4.35. The second-order valence-corrected chi connectivity index (χ2v) is 9.57. The van der Waals surface area contributed by atoms with Crippen LogP contribution in [0, 0.1) is 10.1 Å². The summed E-state index contributed by atoms with van der Waals surface area (Å²) in [5, 5.41) is 16.9. The maximum Gasteiger partial charge on any atom is 0.416 e. The molecule has 13 heteroatoms. The van der Waals surface area contributed by atoms with Crippen molar-refractivity contribution in [2.45, 2.75) is 12.8 Å². The van der Waals surface area contributed by atoms with Crippen LogP contribution in [0.2, 0.25) is 5.02 Å². The molecule has 0 fully saturated rings. The number of hydrogen-bond donors (Lipinski definition) is 0. The number of rotatable bonds is 8. The van der Waals surface area contributed by atoms with Crippen LogP contribution >= 0.6 is 11.6 Å². The molecule has 0 saturated heterocycles. The number of halogens is 4. The lowest BCUT2D eigenvalue weighted by molar-refractivity contribution is -0.386. The second kappa shape index (κ2) is 11.9. The molecule has 0 saturated carbocycles. The predicted molar refractivity (Wildman–Crippen MR) is 155 cm³/mol. The molecule has 43 heavy (non-hydrogen) atoms. The van der Waals surface area contributed by atoms with Crippen molar-refractivity contribution in [3.63, 3.8) is 0 Å². The highest BCUT2D eigenvalue weighted by molar-refractivity contribution is 6.30. The first-order chi connectivity index (χ1) is 20.5. The number of ether oxygens (including phenoxy) is 2. The summed E-state index contributed by atoms with van der Waals surface area (Å²) in [5.41, 5.74) is -0.919. The lowest BCUT2D eigenvalue weighted by Gasteiger charge is -2.13. The van der Waals surface area contributed by atoms with E-state index in [9.17, 15) is 28.1 Å². The third-order valence-corrected chi connectivity index (χ3v) is 6.55. The normalized spacial score (nSPS) is 11.7. The first-order valence-corrected chi connectivity index (χ1v) is 12.9. The highest BCUT2D eigenvalue weighted by atomic mass is 35.5. The molecule has 0 aliphatic carbocycles. The SMILES string of the molecule is COc1cc(C=Nn2c(-c3cccc(C(F)(F)F)c3)nc3ccccc3c2=O)cc([N+](=O)[O-])c1OCc1ccc(Cl)cc1. The largest absolute Gasteiger partial charge is 0.493 e. The summed E-state index contributed by atoms with van der Waals surface area (Å²) >= 11 is 5.91. The summed E-state index contributed by atoms with van der Waals surface area (Å²) in [6.07, 6.45) is -3.48. The molecule has 218 valence electrons. The Morgan fingerprint density at radius 2 is 1.79 bits per heavy atom. The van der Waals surface area contributed by atoms with E-state index in [1.807, 2.05) is 0 Å². The van der Waals surface area contributed by atoms with E-state index in [1.165, 1.54) is 37.4 Å². The van der Waals surface area contributed by atoms with Gasteiger partial charge < -0.3 is 9.47 Å². The van der Waals surface area contributed by atoms with Crippen LogP contribution in [0.15, 0.2) is 94.8 Å². The van der Waals surface area contributed by atoms with Gasteiger partial charge >= 0.3 is 11.9 Å². The van der Waals surface area contributed by atoms with Gasteiger partial charge in [0.1, 0.15) is 6.61 Å². The van der Waals surface area contributed by atoms with Crippen molar-refractivity contribution < 1.29 is 27.6 Å². The van der Waals surface area contributed by atoms with Crippen molar-refractivity contribution in [3.8, 4) is 22.9 Å². The Morgan fingerprint density at radius 1 is 1.05 bits per heavy atom. The minimum Gasteiger partial charge on any atom is -0.493 e. The third kappa shape index (κ3) is 6.33. The summed E-state index contributed by atoms with van der Waals surface area (Å²) in [7, 11) is 1.30. The molecular formula is C30H20ClF3N4O5. The number of aromatic nitrogens is 2. The lowest BCUT2D eigenvalue weighted by atomic mass is 10.1. The van der Waals surface area contributed by atoms with Crippen molar-refractivity contribution in [2.75, 3.05) is 7.11 Å². The van der Waals surface area contributed by atoms with Gasteiger partial charge in [-0.05, 0) is 48.0 Å². The molecule has 0 aliphatic rings. The van der Waals surface area contributed by atoms with E-state index in [1.54, 1.807) is 42.5 Å². The van der Waals surface area contributed by atoms with E-state index in [-0.39, 0.29) is 46.0 Å². The number of para-hydroxylation sites is 1. The number of alkyl halides is 3. The minimum atomic E-state index is -4.63. The number of nitrogens with zero attached hydrogens (tertiary/aromatic N) is 4. The number of nitro benzene ring substituents is 1. The van der Waals surface area contributed by atoms with Crippen LogP contribution in [0.1, 0.15) is 16.7 Å². The Balaban J connectivity index is 1.59. The smallest absolute Gasteiger partial charge is 0.416 e. The Kier molecular flexibility index (Phi) is 8.13. The molecule has 0 bridgehead atoms. The second-order valence-electron chi connectivity index (χ2n) is 9.14. The van der Waals surface area contributed by atoms with Crippen molar-refractivity contribution in [2.24, 2.45) is 5.10 Å². The lowest BCUT2D eigenvalue weighted by Crippen LogP contribution is -2.20. The van der Waals surface area contributed by atoms with Crippen molar-refractivity contribution in [3.05, 3.63) is 127 Å². The molecule has 0 N–H and O–H groups in total. The van der Waals surface area contributed by atoms with Gasteiger partial charge in [0, 0.05) is 22.2 Å². The van der Waals surface area contributed by atoms with E-state index in [0.29, 0.717) is 10.6 Å². The number of fused-ring (bicyclic) bond motifs is 1. The fourth-order valence-electron chi connectivity index (χ4n) is 4.23. The number of methoxy groups -OCH3 is 1. The van der Waals surface area contributed by atoms with Gasteiger partial charge in [0.05, 0.1) is 34.7 Å². The molecule has 5 aromatic rings.